The van der Waals surface area contributed by atoms with E-state index in [9.17, 15) is 22.3 Å². The van der Waals surface area contributed by atoms with Gasteiger partial charge >= 0.3 is 0 Å². The highest BCUT2D eigenvalue weighted by Gasteiger charge is 2.26. The summed E-state index contributed by atoms with van der Waals surface area (Å²) in [5.41, 5.74) is -1.90. The smallest absolute Gasteiger partial charge is 0.264 e. The molecule has 96 valence electrons. The highest BCUT2D eigenvalue weighted by Crippen LogP contribution is 2.23. The van der Waals surface area contributed by atoms with Crippen molar-refractivity contribution in [2.24, 2.45) is 0 Å². The third-order valence-electron chi connectivity index (χ3n) is 2.04. The predicted molar refractivity (Wildman–Crippen MR) is 56.7 cm³/mol. The summed E-state index contributed by atoms with van der Waals surface area (Å²) in [7, 11) is -3.73. The van der Waals surface area contributed by atoms with Crippen LogP contribution in [0.5, 0.6) is 0 Å². The summed E-state index contributed by atoms with van der Waals surface area (Å²) in [4.78, 5) is 0. The molecule has 1 atom stereocenters. The minimum Gasteiger partial charge on any atom is -0.383 e. The van der Waals surface area contributed by atoms with Gasteiger partial charge < -0.3 is 5.11 Å². The van der Waals surface area contributed by atoms with Crippen LogP contribution < -0.4 is 0 Å². The Balaban J connectivity index is 2.96. The van der Waals surface area contributed by atoms with Gasteiger partial charge in [-0.3, -0.25) is 4.18 Å². The molecule has 1 aromatic rings. The van der Waals surface area contributed by atoms with Crippen LogP contribution >= 0.6 is 0 Å². The standard InChI is InChI=1S/C10H12F2O4S/c1-10(13,6-16-17(2,14)15)7-3-8(11)5-9(12)4-7/h3-5,13H,6H2,1-2H3/t10-/m1/s1. The van der Waals surface area contributed by atoms with Gasteiger partial charge in [-0.15, -0.1) is 0 Å². The van der Waals surface area contributed by atoms with Gasteiger partial charge in [-0.25, -0.2) is 8.78 Å². The Hall–Kier alpha value is -1.05. The molecule has 0 amide bonds. The second kappa shape index (κ2) is 4.67. The summed E-state index contributed by atoms with van der Waals surface area (Å²) < 4.78 is 51.8. The lowest BCUT2D eigenvalue weighted by molar-refractivity contribution is 0.00957. The van der Waals surface area contributed by atoms with Crippen molar-refractivity contribution < 1.29 is 26.5 Å². The van der Waals surface area contributed by atoms with Crippen molar-refractivity contribution in [3.63, 3.8) is 0 Å². The van der Waals surface area contributed by atoms with Crippen molar-refractivity contribution in [3.05, 3.63) is 35.4 Å². The summed E-state index contributed by atoms with van der Waals surface area (Å²) >= 11 is 0. The molecule has 0 aliphatic carbocycles. The van der Waals surface area contributed by atoms with E-state index in [1.54, 1.807) is 0 Å². The average molecular weight is 266 g/mol. The molecule has 0 aliphatic rings. The molecule has 1 N–H and O–H groups in total. The van der Waals surface area contributed by atoms with E-state index in [4.69, 9.17) is 0 Å². The zero-order valence-electron chi connectivity index (χ0n) is 9.28. The van der Waals surface area contributed by atoms with Crippen LogP contribution in [-0.4, -0.2) is 26.4 Å². The fraction of sp³-hybridized carbons (Fsp3) is 0.400. The number of aliphatic hydroxyl groups is 1. The lowest BCUT2D eigenvalue weighted by Crippen LogP contribution is -2.29. The van der Waals surface area contributed by atoms with Crippen molar-refractivity contribution >= 4 is 10.1 Å². The topological polar surface area (TPSA) is 63.6 Å². The summed E-state index contributed by atoms with van der Waals surface area (Å²) in [6.07, 6.45) is 0.815. The molecule has 0 unspecified atom stereocenters. The maximum absolute atomic E-state index is 12.9. The molecule has 1 rings (SSSR count). The quantitative estimate of drug-likeness (QED) is 0.830. The maximum atomic E-state index is 12.9. The van der Waals surface area contributed by atoms with E-state index < -0.39 is 34.0 Å². The van der Waals surface area contributed by atoms with Crippen LogP contribution in [0.4, 0.5) is 8.78 Å². The number of benzene rings is 1. The molecule has 0 aromatic heterocycles. The molecule has 0 heterocycles. The van der Waals surface area contributed by atoms with Gasteiger partial charge in [0.15, 0.2) is 0 Å². The Labute approximate surface area is 98.0 Å². The van der Waals surface area contributed by atoms with Crippen LogP contribution in [0, 0.1) is 11.6 Å². The Kier molecular flexibility index (Phi) is 3.85. The van der Waals surface area contributed by atoms with Gasteiger partial charge in [-0.1, -0.05) is 0 Å². The molecule has 0 radical (unpaired) electrons. The van der Waals surface area contributed by atoms with E-state index >= 15 is 0 Å². The van der Waals surface area contributed by atoms with Crippen molar-refractivity contribution in [3.8, 4) is 0 Å². The first-order chi connectivity index (χ1) is 7.60. The van der Waals surface area contributed by atoms with Crippen molar-refractivity contribution in [2.75, 3.05) is 12.9 Å². The van der Waals surface area contributed by atoms with Crippen molar-refractivity contribution in [2.45, 2.75) is 12.5 Å². The second-order valence-corrected chi connectivity index (χ2v) is 5.54. The summed E-state index contributed by atoms with van der Waals surface area (Å²) in [6, 6.07) is 2.47. The Morgan fingerprint density at radius 1 is 1.29 bits per heavy atom. The van der Waals surface area contributed by atoms with E-state index in [0.29, 0.717) is 6.07 Å². The first kappa shape index (κ1) is 14.0. The molecule has 17 heavy (non-hydrogen) atoms. The van der Waals surface area contributed by atoms with Crippen LogP contribution in [0.1, 0.15) is 12.5 Å². The lowest BCUT2D eigenvalue weighted by atomic mass is 9.97. The lowest BCUT2D eigenvalue weighted by Gasteiger charge is -2.23. The molecule has 4 nitrogen and oxygen atoms in total. The van der Waals surface area contributed by atoms with Crippen LogP contribution in [0.2, 0.25) is 0 Å². The van der Waals surface area contributed by atoms with Gasteiger partial charge in [-0.2, -0.15) is 8.42 Å². The molecule has 7 heteroatoms. The monoisotopic (exact) mass is 266 g/mol. The molecule has 0 bridgehead atoms. The second-order valence-electron chi connectivity index (χ2n) is 3.90. The first-order valence-corrected chi connectivity index (χ1v) is 6.45. The Morgan fingerprint density at radius 3 is 2.18 bits per heavy atom. The third-order valence-corrected chi connectivity index (χ3v) is 2.58. The molecular formula is C10H12F2O4S. The number of hydrogen-bond acceptors (Lipinski definition) is 4. The van der Waals surface area contributed by atoms with E-state index in [1.165, 1.54) is 6.92 Å². The first-order valence-electron chi connectivity index (χ1n) is 4.63. The minimum absolute atomic E-state index is 0.0985. The Morgan fingerprint density at radius 2 is 1.76 bits per heavy atom. The summed E-state index contributed by atoms with van der Waals surface area (Å²) in [5, 5.41) is 9.88. The normalized spacial score (nSPS) is 15.6. The average Bonchev–Trinajstić information content (AvgIpc) is 2.12. The molecule has 1 aromatic carbocycles. The maximum Gasteiger partial charge on any atom is 0.264 e. The summed E-state index contributed by atoms with van der Waals surface area (Å²) in [6.45, 7) is 0.584. The third kappa shape index (κ3) is 4.37. The molecule has 0 spiro atoms. The molecular weight excluding hydrogens is 254 g/mol. The SMILES string of the molecule is C[C@@](O)(COS(C)(=O)=O)c1cc(F)cc(F)c1. The fourth-order valence-electron chi connectivity index (χ4n) is 1.17. The van der Waals surface area contributed by atoms with E-state index in [2.05, 4.69) is 4.18 Å². The molecule has 0 aliphatic heterocycles. The van der Waals surface area contributed by atoms with Crippen LogP contribution in [0.15, 0.2) is 18.2 Å². The van der Waals surface area contributed by atoms with Gasteiger partial charge in [0.1, 0.15) is 17.2 Å². The summed E-state index contributed by atoms with van der Waals surface area (Å²) in [5.74, 6) is -1.72. The molecule has 0 saturated heterocycles. The highest BCUT2D eigenvalue weighted by molar-refractivity contribution is 7.85. The van der Waals surface area contributed by atoms with Crippen LogP contribution in [0.3, 0.4) is 0 Å². The van der Waals surface area contributed by atoms with E-state index in [1.807, 2.05) is 0 Å². The van der Waals surface area contributed by atoms with Crippen molar-refractivity contribution in [1.29, 1.82) is 0 Å². The molecule has 0 saturated carbocycles. The number of rotatable bonds is 4. The van der Waals surface area contributed by atoms with E-state index in [-0.39, 0.29) is 5.56 Å². The fourth-order valence-corrected chi connectivity index (χ4v) is 1.61. The highest BCUT2D eigenvalue weighted by atomic mass is 32.2. The van der Waals surface area contributed by atoms with Crippen LogP contribution in [-0.2, 0) is 19.9 Å². The van der Waals surface area contributed by atoms with Gasteiger partial charge in [-0.05, 0) is 24.6 Å². The van der Waals surface area contributed by atoms with Gasteiger partial charge in [0.05, 0.1) is 12.9 Å². The number of halogens is 2. The Bertz CT molecular complexity index is 491. The van der Waals surface area contributed by atoms with Gasteiger partial charge in [0, 0.05) is 6.07 Å². The van der Waals surface area contributed by atoms with E-state index in [0.717, 1.165) is 18.4 Å². The van der Waals surface area contributed by atoms with Gasteiger partial charge in [0.25, 0.3) is 10.1 Å². The number of hydrogen-bond donors (Lipinski definition) is 1. The predicted octanol–water partition coefficient (Wildman–Crippen LogP) is 1.15. The largest absolute Gasteiger partial charge is 0.383 e. The van der Waals surface area contributed by atoms with Gasteiger partial charge in [0.2, 0.25) is 0 Å². The minimum atomic E-state index is -3.73. The zero-order valence-corrected chi connectivity index (χ0v) is 10.1. The molecule has 0 fully saturated rings. The zero-order chi connectivity index (χ0) is 13.3. The van der Waals surface area contributed by atoms with Crippen LogP contribution in [0.25, 0.3) is 0 Å². The van der Waals surface area contributed by atoms with Crippen molar-refractivity contribution in [1.82, 2.24) is 0 Å².